The molecule has 2 saturated heterocycles. The molecule has 2 aliphatic heterocycles. The fourth-order valence-corrected chi connectivity index (χ4v) is 4.15. The van der Waals surface area contributed by atoms with Gasteiger partial charge in [0, 0.05) is 18.8 Å². The van der Waals surface area contributed by atoms with Crippen molar-refractivity contribution in [1.29, 1.82) is 0 Å². The van der Waals surface area contributed by atoms with Crippen molar-refractivity contribution in [2.45, 2.75) is 19.4 Å². The number of amides is 2. The molecule has 2 fully saturated rings. The summed E-state index contributed by atoms with van der Waals surface area (Å²) in [6, 6.07) is 17.8. The normalized spacial score (nSPS) is 19.0. The monoisotopic (exact) mass is 364 g/mol. The number of benzene rings is 2. The Bertz CT molecular complexity index is 840. The minimum Gasteiger partial charge on any atom is -0.372 e. The second-order valence-electron chi connectivity index (χ2n) is 6.54. The zero-order chi connectivity index (χ0) is 17.9. The highest BCUT2D eigenvalue weighted by molar-refractivity contribution is 8.18. The summed E-state index contributed by atoms with van der Waals surface area (Å²) in [6.45, 7) is 2.53. The molecule has 2 aromatic carbocycles. The van der Waals surface area contributed by atoms with E-state index in [4.69, 9.17) is 0 Å². The van der Waals surface area contributed by atoms with Crippen molar-refractivity contribution < 1.29 is 9.59 Å². The van der Waals surface area contributed by atoms with Crippen LogP contribution in [-0.2, 0) is 11.3 Å². The maximum atomic E-state index is 12.6. The molecule has 4 rings (SSSR count). The van der Waals surface area contributed by atoms with E-state index in [1.807, 2.05) is 48.5 Å². The molecule has 0 aromatic heterocycles. The smallest absolute Gasteiger partial charge is 0.293 e. The summed E-state index contributed by atoms with van der Waals surface area (Å²) in [6.07, 6.45) is 4.30. The fourth-order valence-electron chi connectivity index (χ4n) is 3.31. The summed E-state index contributed by atoms with van der Waals surface area (Å²) in [5.41, 5.74) is 3.11. The van der Waals surface area contributed by atoms with Crippen molar-refractivity contribution in [3.63, 3.8) is 0 Å². The Hall–Kier alpha value is -2.53. The number of anilines is 1. The molecule has 0 unspecified atom stereocenters. The molecule has 0 spiro atoms. The number of carbonyl (C=O) groups is 2. The SMILES string of the molecule is O=C1S/C(=C\c2ccc(N3CCCC3)cc2)C(=O)N1Cc1ccccc1. The zero-order valence-electron chi connectivity index (χ0n) is 14.4. The van der Waals surface area contributed by atoms with Gasteiger partial charge in [0.1, 0.15) is 0 Å². The van der Waals surface area contributed by atoms with E-state index < -0.39 is 0 Å². The molecule has 0 radical (unpaired) electrons. The molecule has 0 aliphatic carbocycles. The van der Waals surface area contributed by atoms with Crippen molar-refractivity contribution in [2.75, 3.05) is 18.0 Å². The summed E-state index contributed by atoms with van der Waals surface area (Å²) >= 11 is 1.01. The Balaban J connectivity index is 1.49. The van der Waals surface area contributed by atoms with Gasteiger partial charge in [-0.15, -0.1) is 0 Å². The standard InChI is InChI=1S/C21H20N2O2S/c24-20-19(26-21(25)23(20)15-17-6-2-1-3-7-17)14-16-8-10-18(11-9-16)22-12-4-5-13-22/h1-3,6-11,14H,4-5,12-13,15H2/b19-14-. The average Bonchev–Trinajstić information content (AvgIpc) is 3.28. The second-order valence-corrected chi connectivity index (χ2v) is 7.53. The van der Waals surface area contributed by atoms with Crippen LogP contribution in [0.2, 0.25) is 0 Å². The molecule has 0 saturated carbocycles. The Morgan fingerprint density at radius 2 is 1.62 bits per heavy atom. The van der Waals surface area contributed by atoms with E-state index in [2.05, 4.69) is 17.0 Å². The van der Waals surface area contributed by atoms with Crippen LogP contribution in [0.4, 0.5) is 10.5 Å². The van der Waals surface area contributed by atoms with Crippen LogP contribution in [0.3, 0.4) is 0 Å². The number of carbonyl (C=O) groups excluding carboxylic acids is 2. The Kier molecular flexibility index (Phi) is 4.80. The van der Waals surface area contributed by atoms with Crippen LogP contribution in [0, 0.1) is 0 Å². The first-order valence-electron chi connectivity index (χ1n) is 8.85. The van der Waals surface area contributed by atoms with Gasteiger partial charge >= 0.3 is 0 Å². The van der Waals surface area contributed by atoms with E-state index in [9.17, 15) is 9.59 Å². The van der Waals surface area contributed by atoms with Crippen LogP contribution < -0.4 is 4.90 Å². The minimum atomic E-state index is -0.215. The van der Waals surface area contributed by atoms with Crippen molar-refractivity contribution >= 4 is 34.7 Å². The first kappa shape index (κ1) is 16.9. The van der Waals surface area contributed by atoms with Gasteiger partial charge in [-0.1, -0.05) is 42.5 Å². The number of rotatable bonds is 4. The summed E-state index contributed by atoms with van der Waals surface area (Å²) in [5, 5.41) is -0.209. The summed E-state index contributed by atoms with van der Waals surface area (Å²) in [7, 11) is 0. The molecule has 2 aromatic rings. The largest absolute Gasteiger partial charge is 0.372 e. The Morgan fingerprint density at radius 3 is 2.31 bits per heavy atom. The molecular weight excluding hydrogens is 344 g/mol. The van der Waals surface area contributed by atoms with Gasteiger partial charge in [-0.05, 0) is 53.9 Å². The van der Waals surface area contributed by atoms with Crippen LogP contribution in [-0.4, -0.2) is 29.1 Å². The molecular formula is C21H20N2O2S. The third kappa shape index (κ3) is 3.53. The number of imide groups is 1. The van der Waals surface area contributed by atoms with Crippen molar-refractivity contribution in [1.82, 2.24) is 4.90 Å². The quantitative estimate of drug-likeness (QED) is 0.748. The van der Waals surface area contributed by atoms with Crippen LogP contribution in [0.15, 0.2) is 59.5 Å². The maximum absolute atomic E-state index is 12.6. The third-order valence-electron chi connectivity index (χ3n) is 4.72. The van der Waals surface area contributed by atoms with Gasteiger partial charge in [-0.25, -0.2) is 0 Å². The first-order chi connectivity index (χ1) is 12.7. The molecule has 0 N–H and O–H groups in total. The zero-order valence-corrected chi connectivity index (χ0v) is 15.2. The molecule has 5 heteroatoms. The lowest BCUT2D eigenvalue weighted by atomic mass is 10.1. The van der Waals surface area contributed by atoms with E-state index in [-0.39, 0.29) is 11.1 Å². The molecule has 4 nitrogen and oxygen atoms in total. The van der Waals surface area contributed by atoms with E-state index in [1.54, 1.807) is 0 Å². The predicted octanol–water partition coefficient (Wildman–Crippen LogP) is 4.52. The average molecular weight is 364 g/mol. The van der Waals surface area contributed by atoms with Crippen LogP contribution in [0.25, 0.3) is 6.08 Å². The molecule has 2 amide bonds. The molecule has 2 heterocycles. The lowest BCUT2D eigenvalue weighted by Crippen LogP contribution is -2.27. The number of thioether (sulfide) groups is 1. The van der Waals surface area contributed by atoms with Crippen molar-refractivity contribution in [3.05, 3.63) is 70.6 Å². The van der Waals surface area contributed by atoms with Gasteiger partial charge in [0.05, 0.1) is 11.4 Å². The number of nitrogens with zero attached hydrogens (tertiary/aromatic N) is 2. The highest BCUT2D eigenvalue weighted by Gasteiger charge is 2.34. The van der Waals surface area contributed by atoms with Crippen molar-refractivity contribution in [2.24, 2.45) is 0 Å². The van der Waals surface area contributed by atoms with E-state index in [1.165, 1.54) is 23.4 Å². The highest BCUT2D eigenvalue weighted by atomic mass is 32.2. The summed E-state index contributed by atoms with van der Waals surface area (Å²) < 4.78 is 0. The second kappa shape index (κ2) is 7.38. The molecule has 0 atom stereocenters. The van der Waals surface area contributed by atoms with E-state index in [0.29, 0.717) is 11.4 Å². The van der Waals surface area contributed by atoms with E-state index in [0.717, 1.165) is 36.0 Å². The van der Waals surface area contributed by atoms with Crippen LogP contribution in [0.5, 0.6) is 0 Å². The van der Waals surface area contributed by atoms with Gasteiger partial charge in [0.2, 0.25) is 0 Å². The number of hydrogen-bond donors (Lipinski definition) is 0. The predicted molar refractivity (Wildman–Crippen MR) is 106 cm³/mol. The Labute approximate surface area is 157 Å². The van der Waals surface area contributed by atoms with Gasteiger partial charge in [0.25, 0.3) is 11.1 Å². The van der Waals surface area contributed by atoms with Gasteiger partial charge in [-0.3, -0.25) is 14.5 Å². The summed E-state index contributed by atoms with van der Waals surface area (Å²) in [4.78, 5) is 29.0. The van der Waals surface area contributed by atoms with Crippen LogP contribution >= 0.6 is 11.8 Å². The number of hydrogen-bond acceptors (Lipinski definition) is 4. The van der Waals surface area contributed by atoms with Crippen LogP contribution in [0.1, 0.15) is 24.0 Å². The van der Waals surface area contributed by atoms with Gasteiger partial charge in [-0.2, -0.15) is 0 Å². The molecule has 26 heavy (non-hydrogen) atoms. The minimum absolute atomic E-state index is 0.209. The molecule has 2 aliphatic rings. The van der Waals surface area contributed by atoms with Gasteiger partial charge in [0.15, 0.2) is 0 Å². The summed E-state index contributed by atoms with van der Waals surface area (Å²) in [5.74, 6) is -0.215. The van der Waals surface area contributed by atoms with Crippen molar-refractivity contribution in [3.8, 4) is 0 Å². The lowest BCUT2D eigenvalue weighted by molar-refractivity contribution is -0.123. The van der Waals surface area contributed by atoms with E-state index >= 15 is 0 Å². The highest BCUT2D eigenvalue weighted by Crippen LogP contribution is 2.33. The topological polar surface area (TPSA) is 40.6 Å². The maximum Gasteiger partial charge on any atom is 0.293 e. The van der Waals surface area contributed by atoms with Gasteiger partial charge < -0.3 is 4.90 Å². The lowest BCUT2D eigenvalue weighted by Gasteiger charge is -2.17. The molecule has 0 bridgehead atoms. The third-order valence-corrected chi connectivity index (χ3v) is 5.63. The Morgan fingerprint density at radius 1 is 0.923 bits per heavy atom. The fraction of sp³-hybridized carbons (Fsp3) is 0.238. The molecule has 132 valence electrons. The first-order valence-corrected chi connectivity index (χ1v) is 9.67.